The minimum atomic E-state index is 0. The maximum absolute atomic E-state index is 5.91. The van der Waals surface area contributed by atoms with Crippen molar-refractivity contribution in [1.29, 1.82) is 0 Å². The summed E-state index contributed by atoms with van der Waals surface area (Å²) in [7, 11) is 2.20. The van der Waals surface area contributed by atoms with E-state index in [-0.39, 0.29) is 24.0 Å². The number of rotatable bonds is 8. The van der Waals surface area contributed by atoms with Gasteiger partial charge in [0, 0.05) is 18.7 Å². The largest absolute Gasteiger partial charge is 0.493 e. The average Bonchev–Trinajstić information content (AvgIpc) is 2.64. The summed E-state index contributed by atoms with van der Waals surface area (Å²) >= 11 is 0. The molecule has 0 radical (unpaired) electrons. The molecule has 0 bridgehead atoms. The number of ether oxygens (including phenoxy) is 1. The van der Waals surface area contributed by atoms with E-state index in [1.165, 1.54) is 31.5 Å². The molecule has 27 heavy (non-hydrogen) atoms. The van der Waals surface area contributed by atoms with E-state index in [1.54, 1.807) is 0 Å². The fourth-order valence-electron chi connectivity index (χ4n) is 3.15. The van der Waals surface area contributed by atoms with Crippen molar-refractivity contribution in [3.05, 3.63) is 29.3 Å². The Hall–Kier alpha value is -1.02. The second-order valence-corrected chi connectivity index (χ2v) is 7.28. The molecule has 0 saturated carbocycles. The molecule has 1 fully saturated rings. The first-order valence-corrected chi connectivity index (χ1v) is 10.0. The molecule has 0 aromatic heterocycles. The van der Waals surface area contributed by atoms with Crippen LogP contribution in [0.5, 0.6) is 5.75 Å². The number of guanidine groups is 1. The van der Waals surface area contributed by atoms with Crippen molar-refractivity contribution >= 4 is 29.9 Å². The van der Waals surface area contributed by atoms with Crippen LogP contribution in [0.1, 0.15) is 44.2 Å². The van der Waals surface area contributed by atoms with E-state index in [0.29, 0.717) is 6.54 Å². The highest BCUT2D eigenvalue weighted by atomic mass is 127. The van der Waals surface area contributed by atoms with Crippen molar-refractivity contribution < 1.29 is 4.74 Å². The molecule has 0 aliphatic carbocycles. The Morgan fingerprint density at radius 2 is 1.96 bits per heavy atom. The van der Waals surface area contributed by atoms with Gasteiger partial charge in [0.15, 0.2) is 5.96 Å². The maximum Gasteiger partial charge on any atom is 0.191 e. The average molecular weight is 488 g/mol. The number of aliphatic imine (C=N–C) groups is 1. The summed E-state index contributed by atoms with van der Waals surface area (Å²) in [5.74, 6) is 2.59. The van der Waals surface area contributed by atoms with Crippen molar-refractivity contribution in [3.63, 3.8) is 0 Å². The van der Waals surface area contributed by atoms with Crippen LogP contribution in [0.25, 0.3) is 0 Å². The molecule has 154 valence electrons. The number of nitrogens with one attached hydrogen (secondary N) is 2. The van der Waals surface area contributed by atoms with Gasteiger partial charge in [-0.2, -0.15) is 0 Å². The Labute approximate surface area is 182 Å². The molecule has 0 spiro atoms. The van der Waals surface area contributed by atoms with Crippen molar-refractivity contribution in [2.75, 3.05) is 39.8 Å². The van der Waals surface area contributed by atoms with Crippen molar-refractivity contribution in [2.45, 2.75) is 46.6 Å². The second kappa shape index (κ2) is 13.2. The third-order valence-electron chi connectivity index (χ3n) is 4.83. The van der Waals surface area contributed by atoms with Gasteiger partial charge in [0.05, 0.1) is 13.2 Å². The predicted octanol–water partition coefficient (Wildman–Crippen LogP) is 3.80. The second-order valence-electron chi connectivity index (χ2n) is 7.28. The molecule has 1 heterocycles. The van der Waals surface area contributed by atoms with Crippen LogP contribution in [-0.2, 0) is 6.54 Å². The molecule has 0 unspecified atom stereocenters. The Morgan fingerprint density at radius 3 is 2.63 bits per heavy atom. The number of benzene rings is 1. The fraction of sp³-hybridized carbons (Fsp3) is 0.667. The highest BCUT2D eigenvalue weighted by Crippen LogP contribution is 2.21. The van der Waals surface area contributed by atoms with Crippen molar-refractivity contribution in [1.82, 2.24) is 15.5 Å². The lowest BCUT2D eigenvalue weighted by molar-refractivity contribution is 0.220. The van der Waals surface area contributed by atoms with Crippen LogP contribution in [0, 0.1) is 12.8 Å². The van der Waals surface area contributed by atoms with Gasteiger partial charge < -0.3 is 20.3 Å². The van der Waals surface area contributed by atoms with Crippen molar-refractivity contribution in [3.8, 4) is 5.75 Å². The monoisotopic (exact) mass is 488 g/mol. The summed E-state index contributed by atoms with van der Waals surface area (Å²) in [4.78, 5) is 7.19. The lowest BCUT2D eigenvalue weighted by Crippen LogP contribution is -2.42. The minimum Gasteiger partial charge on any atom is -0.493 e. The first-order chi connectivity index (χ1) is 12.6. The highest BCUT2D eigenvalue weighted by Gasteiger charge is 2.16. The van der Waals surface area contributed by atoms with Crippen molar-refractivity contribution in [2.24, 2.45) is 10.9 Å². The van der Waals surface area contributed by atoms with E-state index < -0.39 is 0 Å². The predicted molar refractivity (Wildman–Crippen MR) is 125 cm³/mol. The number of aryl methyl sites for hydroxylation is 1. The molecule has 1 aliphatic heterocycles. The Bertz CT molecular complexity index is 571. The molecular weight excluding hydrogens is 451 g/mol. The van der Waals surface area contributed by atoms with Gasteiger partial charge >= 0.3 is 0 Å². The molecule has 0 atom stereocenters. The molecular formula is C21H37IN4O. The molecule has 1 aliphatic rings. The van der Waals surface area contributed by atoms with E-state index in [0.717, 1.165) is 49.3 Å². The van der Waals surface area contributed by atoms with Crippen LogP contribution >= 0.6 is 24.0 Å². The van der Waals surface area contributed by atoms with Gasteiger partial charge in [-0.25, -0.2) is 4.99 Å². The normalized spacial score (nSPS) is 15.9. The molecule has 0 amide bonds. The summed E-state index contributed by atoms with van der Waals surface area (Å²) in [6.07, 6.45) is 3.53. The van der Waals surface area contributed by atoms with Gasteiger partial charge in [0.1, 0.15) is 5.75 Å². The number of hydrogen-bond donors (Lipinski definition) is 2. The third-order valence-corrected chi connectivity index (χ3v) is 4.83. The zero-order chi connectivity index (χ0) is 18.8. The van der Waals surface area contributed by atoms with Gasteiger partial charge in [-0.15, -0.1) is 24.0 Å². The molecule has 1 aromatic carbocycles. The lowest BCUT2D eigenvalue weighted by Gasteiger charge is -2.29. The fourth-order valence-corrected chi connectivity index (χ4v) is 3.15. The van der Waals surface area contributed by atoms with E-state index in [9.17, 15) is 0 Å². The molecule has 2 N–H and O–H groups in total. The summed E-state index contributed by atoms with van der Waals surface area (Å²) < 4.78 is 5.91. The zero-order valence-corrected chi connectivity index (χ0v) is 19.7. The number of nitrogens with zero attached hydrogens (tertiary/aromatic N) is 2. The van der Waals surface area contributed by atoms with Gasteiger partial charge in [-0.05, 0) is 70.8 Å². The smallest absolute Gasteiger partial charge is 0.191 e. The van der Waals surface area contributed by atoms with Crippen LogP contribution in [0.2, 0.25) is 0 Å². The number of hydrogen-bond acceptors (Lipinski definition) is 3. The van der Waals surface area contributed by atoms with Gasteiger partial charge in [0.25, 0.3) is 0 Å². The number of likely N-dealkylation sites (tertiary alicyclic amines) is 1. The summed E-state index contributed by atoms with van der Waals surface area (Å²) in [6.45, 7) is 12.0. The Kier molecular flexibility index (Phi) is 11.7. The minimum absolute atomic E-state index is 0. The Balaban J connectivity index is 0.00000364. The molecule has 2 rings (SSSR count). The van der Waals surface area contributed by atoms with E-state index in [2.05, 4.69) is 61.6 Å². The van der Waals surface area contributed by atoms with E-state index in [4.69, 9.17) is 9.73 Å². The maximum atomic E-state index is 5.91. The first kappa shape index (κ1) is 24.0. The van der Waals surface area contributed by atoms with Gasteiger partial charge in [-0.1, -0.05) is 19.1 Å². The van der Waals surface area contributed by atoms with E-state index in [1.807, 2.05) is 0 Å². The summed E-state index contributed by atoms with van der Waals surface area (Å²) in [5.41, 5.74) is 2.36. The van der Waals surface area contributed by atoms with E-state index >= 15 is 0 Å². The van der Waals surface area contributed by atoms with Crippen LogP contribution < -0.4 is 15.4 Å². The standard InChI is InChI=1S/C21H36N4O.HI/c1-5-13-26-20-14-17(3)7-8-19(20)16-24-21(22-6-2)23-15-18-9-11-25(4)12-10-18;/h7-8,14,18H,5-6,9-13,15-16H2,1-4H3,(H2,22,23,24);1H. The molecule has 5 nitrogen and oxygen atoms in total. The Morgan fingerprint density at radius 1 is 1.22 bits per heavy atom. The molecule has 1 aromatic rings. The number of halogens is 1. The van der Waals surface area contributed by atoms with Crippen LogP contribution in [-0.4, -0.2) is 50.7 Å². The third kappa shape index (κ3) is 8.68. The van der Waals surface area contributed by atoms with Crippen LogP contribution in [0.15, 0.2) is 23.2 Å². The number of piperidine rings is 1. The summed E-state index contributed by atoms with van der Waals surface area (Å²) in [5, 5.41) is 6.89. The highest BCUT2D eigenvalue weighted by molar-refractivity contribution is 14.0. The van der Waals surface area contributed by atoms with Gasteiger partial charge in [0.2, 0.25) is 0 Å². The van der Waals surface area contributed by atoms with Crippen LogP contribution in [0.3, 0.4) is 0 Å². The molecule has 1 saturated heterocycles. The van der Waals surface area contributed by atoms with Gasteiger partial charge in [-0.3, -0.25) is 0 Å². The quantitative estimate of drug-likeness (QED) is 0.332. The molecule has 6 heteroatoms. The SMILES string of the molecule is CCCOc1cc(C)ccc1CN=C(NCC)NCC1CCN(C)CC1.I. The lowest BCUT2D eigenvalue weighted by atomic mass is 9.97. The first-order valence-electron chi connectivity index (χ1n) is 10.0. The van der Waals surface area contributed by atoms with Crippen LogP contribution in [0.4, 0.5) is 0 Å². The summed E-state index contributed by atoms with van der Waals surface area (Å²) in [6, 6.07) is 6.37. The zero-order valence-electron chi connectivity index (χ0n) is 17.4. The topological polar surface area (TPSA) is 48.9 Å².